The van der Waals surface area contributed by atoms with Gasteiger partial charge in [0.2, 0.25) is 0 Å². The molecule has 1 N–H and O–H groups in total. The van der Waals surface area contributed by atoms with Crippen molar-refractivity contribution in [3.63, 3.8) is 0 Å². The molecule has 13 heavy (non-hydrogen) atoms. The van der Waals surface area contributed by atoms with Gasteiger partial charge in [-0.15, -0.1) is 0 Å². The van der Waals surface area contributed by atoms with Gasteiger partial charge in [0.25, 0.3) is 0 Å². The van der Waals surface area contributed by atoms with Gasteiger partial charge in [0.1, 0.15) is 12.0 Å². The van der Waals surface area contributed by atoms with E-state index >= 15 is 0 Å². The zero-order chi connectivity index (χ0) is 10.4. The molecule has 0 saturated heterocycles. The van der Waals surface area contributed by atoms with Crippen LogP contribution in [0.5, 0.6) is 0 Å². The largest absolute Gasteiger partial charge is 0.506 e. The lowest BCUT2D eigenvalue weighted by Gasteiger charge is -2.14. The molecular formula is C10H15NO2. The highest BCUT2D eigenvalue weighted by atomic mass is 16.3. The molecule has 0 aliphatic carbocycles. The topological polar surface area (TPSA) is 40.5 Å². The number of likely N-dealkylation sites (N-methyl/N-ethyl adjacent to an activating group) is 1. The Morgan fingerprint density at radius 1 is 1.46 bits per heavy atom. The first-order valence-electron chi connectivity index (χ1n) is 3.89. The molecule has 0 atom stereocenters. The Morgan fingerprint density at radius 3 is 2.31 bits per heavy atom. The van der Waals surface area contributed by atoms with Crippen LogP contribution in [0, 0.1) is 0 Å². The molecule has 0 aromatic heterocycles. The Balaban J connectivity index is 4.97. The summed E-state index contributed by atoms with van der Waals surface area (Å²) < 4.78 is 0. The van der Waals surface area contributed by atoms with E-state index in [1.165, 1.54) is 12.2 Å². The van der Waals surface area contributed by atoms with Crippen molar-refractivity contribution in [3.05, 3.63) is 35.8 Å². The number of rotatable bonds is 4. The standard InChI is InChI=1S/C10H15NO2/c1-5-9(11(3)4)10(13)6-8(2)7-12/h5-7,13H,1H2,2-4H3/b8-6+,10-9-. The number of hydrogen-bond donors (Lipinski definition) is 1. The van der Waals surface area contributed by atoms with E-state index in [9.17, 15) is 9.90 Å². The van der Waals surface area contributed by atoms with Crippen molar-refractivity contribution >= 4 is 6.29 Å². The summed E-state index contributed by atoms with van der Waals surface area (Å²) in [5.74, 6) is 0.0459. The Kier molecular flexibility index (Phi) is 4.59. The van der Waals surface area contributed by atoms with Crippen LogP contribution in [0.1, 0.15) is 6.92 Å². The van der Waals surface area contributed by atoms with E-state index in [1.807, 2.05) is 0 Å². The SMILES string of the molecule is C=C/C(=C(O)\C=C(/C)C=O)N(C)C. The van der Waals surface area contributed by atoms with Gasteiger partial charge < -0.3 is 10.0 Å². The van der Waals surface area contributed by atoms with E-state index in [0.29, 0.717) is 17.6 Å². The summed E-state index contributed by atoms with van der Waals surface area (Å²) in [6.45, 7) is 5.18. The zero-order valence-corrected chi connectivity index (χ0v) is 8.24. The maximum atomic E-state index is 10.3. The quantitative estimate of drug-likeness (QED) is 0.310. The van der Waals surface area contributed by atoms with Gasteiger partial charge in [0, 0.05) is 14.1 Å². The molecule has 0 amide bonds. The third-order valence-electron chi connectivity index (χ3n) is 1.49. The van der Waals surface area contributed by atoms with Gasteiger partial charge in [-0.2, -0.15) is 0 Å². The molecule has 0 radical (unpaired) electrons. The highest BCUT2D eigenvalue weighted by molar-refractivity contribution is 5.73. The summed E-state index contributed by atoms with van der Waals surface area (Å²) in [7, 11) is 3.58. The van der Waals surface area contributed by atoms with Gasteiger partial charge in [-0.3, -0.25) is 4.79 Å². The van der Waals surface area contributed by atoms with Crippen LogP contribution in [0.4, 0.5) is 0 Å². The number of aldehydes is 1. The smallest absolute Gasteiger partial charge is 0.145 e. The molecular weight excluding hydrogens is 166 g/mol. The first-order chi connectivity index (χ1) is 6.02. The fourth-order valence-corrected chi connectivity index (χ4v) is 0.840. The van der Waals surface area contributed by atoms with Crippen LogP contribution in [0.3, 0.4) is 0 Å². The first kappa shape index (κ1) is 11.5. The minimum absolute atomic E-state index is 0.0459. The second-order valence-electron chi connectivity index (χ2n) is 2.88. The monoisotopic (exact) mass is 181 g/mol. The van der Waals surface area contributed by atoms with Gasteiger partial charge in [0.05, 0.1) is 5.70 Å². The second kappa shape index (κ2) is 5.19. The summed E-state index contributed by atoms with van der Waals surface area (Å²) in [6.07, 6.45) is 3.63. The average molecular weight is 181 g/mol. The molecule has 3 heteroatoms. The van der Waals surface area contributed by atoms with E-state index in [1.54, 1.807) is 25.9 Å². The number of aliphatic hydroxyl groups excluding tert-OH is 1. The fraction of sp³-hybridized carbons (Fsp3) is 0.300. The molecule has 0 saturated carbocycles. The lowest BCUT2D eigenvalue weighted by atomic mass is 10.2. The molecule has 3 nitrogen and oxygen atoms in total. The predicted octanol–water partition coefficient (Wildman–Crippen LogP) is 1.65. The van der Waals surface area contributed by atoms with Crippen molar-refractivity contribution in [2.75, 3.05) is 14.1 Å². The number of carbonyl (C=O) groups is 1. The Morgan fingerprint density at radius 2 is 2.00 bits per heavy atom. The Bertz CT molecular complexity index is 262. The lowest BCUT2D eigenvalue weighted by Crippen LogP contribution is -2.11. The van der Waals surface area contributed by atoms with Gasteiger partial charge in [-0.25, -0.2) is 0 Å². The van der Waals surface area contributed by atoms with E-state index in [-0.39, 0.29) is 5.76 Å². The molecule has 0 heterocycles. The first-order valence-corrected chi connectivity index (χ1v) is 3.89. The van der Waals surface area contributed by atoms with Crippen molar-refractivity contribution in [1.82, 2.24) is 4.90 Å². The zero-order valence-electron chi connectivity index (χ0n) is 8.24. The molecule has 0 bridgehead atoms. The summed E-state index contributed by atoms with van der Waals surface area (Å²) in [5.41, 5.74) is 1.06. The van der Waals surface area contributed by atoms with Crippen LogP contribution >= 0.6 is 0 Å². The molecule has 0 aromatic carbocycles. The number of hydrogen-bond acceptors (Lipinski definition) is 3. The van der Waals surface area contributed by atoms with E-state index in [0.717, 1.165) is 0 Å². The molecule has 0 unspecified atom stereocenters. The highest BCUT2D eigenvalue weighted by Crippen LogP contribution is 2.08. The van der Waals surface area contributed by atoms with Gasteiger partial charge in [0.15, 0.2) is 0 Å². The van der Waals surface area contributed by atoms with Crippen LogP contribution in [-0.4, -0.2) is 30.4 Å². The van der Waals surface area contributed by atoms with E-state index in [4.69, 9.17) is 0 Å². The van der Waals surface area contributed by atoms with Crippen LogP contribution in [0.2, 0.25) is 0 Å². The lowest BCUT2D eigenvalue weighted by molar-refractivity contribution is -0.104. The maximum absolute atomic E-state index is 10.3. The second-order valence-corrected chi connectivity index (χ2v) is 2.88. The Labute approximate surface area is 78.7 Å². The van der Waals surface area contributed by atoms with Crippen LogP contribution in [0.15, 0.2) is 35.8 Å². The molecule has 0 spiro atoms. The molecule has 0 aliphatic rings. The molecule has 0 rings (SSSR count). The van der Waals surface area contributed by atoms with Crippen molar-refractivity contribution < 1.29 is 9.90 Å². The summed E-state index contributed by atoms with van der Waals surface area (Å²) in [5, 5.41) is 9.51. The van der Waals surface area contributed by atoms with Gasteiger partial charge in [-0.1, -0.05) is 6.58 Å². The summed E-state index contributed by atoms with van der Waals surface area (Å²) >= 11 is 0. The minimum atomic E-state index is 0.0459. The van der Waals surface area contributed by atoms with Gasteiger partial charge in [-0.05, 0) is 24.6 Å². The molecule has 0 aliphatic heterocycles. The number of carbonyl (C=O) groups excluding carboxylic acids is 1. The molecule has 0 aromatic rings. The van der Waals surface area contributed by atoms with E-state index < -0.39 is 0 Å². The predicted molar refractivity (Wildman–Crippen MR) is 53.4 cm³/mol. The highest BCUT2D eigenvalue weighted by Gasteiger charge is 2.01. The molecule has 72 valence electrons. The average Bonchev–Trinajstić information content (AvgIpc) is 2.04. The summed E-state index contributed by atoms with van der Waals surface area (Å²) in [4.78, 5) is 12.0. The van der Waals surface area contributed by atoms with Gasteiger partial charge >= 0.3 is 0 Å². The number of nitrogens with zero attached hydrogens (tertiary/aromatic N) is 1. The third-order valence-corrected chi connectivity index (χ3v) is 1.49. The maximum Gasteiger partial charge on any atom is 0.145 e. The van der Waals surface area contributed by atoms with Crippen LogP contribution < -0.4 is 0 Å². The summed E-state index contributed by atoms with van der Waals surface area (Å²) in [6, 6.07) is 0. The van der Waals surface area contributed by atoms with E-state index in [2.05, 4.69) is 6.58 Å². The Hall–Kier alpha value is -1.51. The van der Waals surface area contributed by atoms with Crippen molar-refractivity contribution in [3.8, 4) is 0 Å². The van der Waals surface area contributed by atoms with Crippen molar-refractivity contribution in [2.45, 2.75) is 6.92 Å². The van der Waals surface area contributed by atoms with Crippen LogP contribution in [-0.2, 0) is 4.79 Å². The minimum Gasteiger partial charge on any atom is -0.506 e. The number of aliphatic hydroxyl groups is 1. The van der Waals surface area contributed by atoms with Crippen molar-refractivity contribution in [2.24, 2.45) is 0 Å². The fourth-order valence-electron chi connectivity index (χ4n) is 0.840. The number of allylic oxidation sites excluding steroid dienone is 3. The third kappa shape index (κ3) is 3.60. The normalized spacial score (nSPS) is 13.3. The van der Waals surface area contributed by atoms with Crippen LogP contribution in [0.25, 0.3) is 0 Å². The molecule has 0 fully saturated rings. The van der Waals surface area contributed by atoms with Crippen molar-refractivity contribution in [1.29, 1.82) is 0 Å².